The van der Waals surface area contributed by atoms with Crippen LogP contribution < -0.4 is 26.9 Å². The van der Waals surface area contributed by atoms with Gasteiger partial charge in [0.1, 0.15) is 0 Å². The number of benzene rings is 1. The van der Waals surface area contributed by atoms with Crippen molar-refractivity contribution in [3.05, 3.63) is 66.5 Å². The average Bonchev–Trinajstić information content (AvgIpc) is 2.39. The molecule has 0 aliphatic heterocycles. The molecule has 0 saturated carbocycles. The van der Waals surface area contributed by atoms with Gasteiger partial charge in [0.05, 0.1) is 0 Å². The topological polar surface area (TPSA) is 33.0 Å². The fraction of sp³-hybridized carbons (Fsp3) is 0.143. The summed E-state index contributed by atoms with van der Waals surface area (Å²) in [7, 11) is 0. The zero-order valence-corrected chi connectivity index (χ0v) is 11.5. The zero-order chi connectivity index (χ0) is 11.9. The highest BCUT2D eigenvalue weighted by Crippen LogP contribution is 1.96. The molecule has 3 nitrogen and oxygen atoms in total. The van der Waals surface area contributed by atoms with Gasteiger partial charge in [0.2, 0.25) is 6.54 Å². The van der Waals surface area contributed by atoms with Gasteiger partial charge < -0.3 is 22.3 Å². The molecule has 1 heterocycles. The first-order valence-corrected chi connectivity index (χ1v) is 5.59. The number of carbonyl (C=O) groups excluding carboxylic acids is 1. The van der Waals surface area contributed by atoms with Crippen molar-refractivity contribution < 1.29 is 26.3 Å². The van der Waals surface area contributed by atoms with Crippen LogP contribution in [-0.2, 0) is 17.9 Å². The van der Waals surface area contributed by atoms with Crippen molar-refractivity contribution in [3.63, 3.8) is 0 Å². The first-order valence-electron chi connectivity index (χ1n) is 5.59. The third-order valence-electron chi connectivity index (χ3n) is 2.44. The molecule has 0 atom stereocenters. The third-order valence-corrected chi connectivity index (χ3v) is 2.44. The molecule has 0 spiro atoms. The van der Waals surface area contributed by atoms with Crippen molar-refractivity contribution >= 4 is 5.91 Å². The number of amides is 1. The molecule has 18 heavy (non-hydrogen) atoms. The van der Waals surface area contributed by atoms with Crippen molar-refractivity contribution in [3.8, 4) is 0 Å². The Labute approximate surface area is 117 Å². The maximum Gasteiger partial charge on any atom is 0.286 e. The van der Waals surface area contributed by atoms with Crippen molar-refractivity contribution in [2.75, 3.05) is 0 Å². The number of pyridine rings is 1. The van der Waals surface area contributed by atoms with Gasteiger partial charge >= 0.3 is 0 Å². The van der Waals surface area contributed by atoms with Crippen LogP contribution in [0.4, 0.5) is 0 Å². The lowest BCUT2D eigenvalue weighted by atomic mass is 10.2. The Morgan fingerprint density at radius 3 is 2.28 bits per heavy atom. The standard InChI is InChI=1S/C14H14N2O.BrH/c17-14(12-16-9-5-2-6-10-16)15-11-13-7-3-1-4-8-13;/h1-10H,11-12H2;1H. The van der Waals surface area contributed by atoms with Gasteiger partial charge in [0, 0.05) is 18.7 Å². The number of rotatable bonds is 4. The van der Waals surface area contributed by atoms with Crippen molar-refractivity contribution in [1.29, 1.82) is 0 Å². The summed E-state index contributed by atoms with van der Waals surface area (Å²) in [6, 6.07) is 15.6. The SMILES string of the molecule is O=C(C[n+]1ccccc1)NCc1ccccc1.[Br-]. The van der Waals surface area contributed by atoms with Crippen LogP contribution in [0.3, 0.4) is 0 Å². The van der Waals surface area contributed by atoms with Gasteiger partial charge in [-0.2, -0.15) is 4.57 Å². The fourth-order valence-corrected chi connectivity index (χ4v) is 1.56. The lowest BCUT2D eigenvalue weighted by Crippen LogP contribution is -3.00. The minimum Gasteiger partial charge on any atom is -1.00 e. The van der Waals surface area contributed by atoms with Crippen molar-refractivity contribution in [2.45, 2.75) is 13.1 Å². The maximum atomic E-state index is 11.7. The molecule has 1 N–H and O–H groups in total. The van der Waals surface area contributed by atoms with E-state index in [1.165, 1.54) is 0 Å². The molecule has 2 rings (SSSR count). The van der Waals surface area contributed by atoms with E-state index in [4.69, 9.17) is 0 Å². The minimum atomic E-state index is 0. The average molecular weight is 307 g/mol. The van der Waals surface area contributed by atoms with E-state index in [9.17, 15) is 4.79 Å². The van der Waals surface area contributed by atoms with Gasteiger partial charge in [0.15, 0.2) is 12.4 Å². The third kappa shape index (κ3) is 4.67. The summed E-state index contributed by atoms with van der Waals surface area (Å²) in [4.78, 5) is 11.7. The molecule has 1 aromatic carbocycles. The maximum absolute atomic E-state index is 11.7. The highest BCUT2D eigenvalue weighted by atomic mass is 79.9. The summed E-state index contributed by atoms with van der Waals surface area (Å²) in [6.07, 6.45) is 3.75. The monoisotopic (exact) mass is 306 g/mol. The van der Waals surface area contributed by atoms with Crippen molar-refractivity contribution in [1.82, 2.24) is 5.32 Å². The van der Waals surface area contributed by atoms with Gasteiger partial charge in [-0.05, 0) is 5.56 Å². The molecule has 1 amide bonds. The fourth-order valence-electron chi connectivity index (χ4n) is 1.56. The summed E-state index contributed by atoms with van der Waals surface area (Å²) in [5, 5.41) is 2.89. The molecule has 0 radical (unpaired) electrons. The Kier molecular flexibility index (Phi) is 6.08. The van der Waals surface area contributed by atoms with Gasteiger partial charge in [-0.25, -0.2) is 0 Å². The van der Waals surface area contributed by atoms with E-state index in [2.05, 4.69) is 5.32 Å². The Bertz CT molecular complexity index is 474. The van der Waals surface area contributed by atoms with E-state index in [0.717, 1.165) is 5.56 Å². The highest BCUT2D eigenvalue weighted by molar-refractivity contribution is 5.74. The molecular weight excluding hydrogens is 292 g/mol. The molecule has 0 bridgehead atoms. The Hall–Kier alpha value is -1.68. The van der Waals surface area contributed by atoms with E-state index in [0.29, 0.717) is 13.1 Å². The molecule has 4 heteroatoms. The van der Waals surface area contributed by atoms with Gasteiger partial charge in [0.25, 0.3) is 5.91 Å². The van der Waals surface area contributed by atoms with Crippen LogP contribution in [-0.4, -0.2) is 5.91 Å². The van der Waals surface area contributed by atoms with E-state index in [-0.39, 0.29) is 22.9 Å². The summed E-state index contributed by atoms with van der Waals surface area (Å²) < 4.78 is 1.85. The predicted octanol–water partition coefficient (Wildman–Crippen LogP) is -1.71. The normalized spacial score (nSPS) is 9.33. The van der Waals surface area contributed by atoms with E-state index >= 15 is 0 Å². The van der Waals surface area contributed by atoms with Crippen LogP contribution in [0.5, 0.6) is 0 Å². The Balaban J connectivity index is 0.00000162. The van der Waals surface area contributed by atoms with Gasteiger partial charge in [-0.1, -0.05) is 36.4 Å². The number of nitrogens with zero attached hydrogens (tertiary/aromatic N) is 1. The van der Waals surface area contributed by atoms with Gasteiger partial charge in [-0.15, -0.1) is 0 Å². The molecular formula is C14H15BrN2O. The number of aromatic nitrogens is 1. The van der Waals surface area contributed by atoms with Crippen LogP contribution in [0.25, 0.3) is 0 Å². The Morgan fingerprint density at radius 1 is 1.00 bits per heavy atom. The number of halogens is 1. The first kappa shape index (κ1) is 14.4. The van der Waals surface area contributed by atoms with E-state index in [1.54, 1.807) is 0 Å². The van der Waals surface area contributed by atoms with Crippen LogP contribution in [0.15, 0.2) is 60.9 Å². The summed E-state index contributed by atoms with van der Waals surface area (Å²) in [5.41, 5.74) is 1.11. The summed E-state index contributed by atoms with van der Waals surface area (Å²) in [5.74, 6) is 0.0186. The molecule has 0 aliphatic rings. The molecule has 0 aliphatic carbocycles. The molecule has 2 aromatic rings. The Morgan fingerprint density at radius 2 is 1.61 bits per heavy atom. The number of hydrogen-bond acceptors (Lipinski definition) is 1. The molecule has 1 aromatic heterocycles. The quantitative estimate of drug-likeness (QED) is 0.671. The second-order valence-electron chi connectivity index (χ2n) is 3.81. The number of carbonyl (C=O) groups is 1. The van der Waals surface area contributed by atoms with Crippen LogP contribution >= 0.6 is 0 Å². The zero-order valence-electron chi connectivity index (χ0n) is 9.92. The highest BCUT2D eigenvalue weighted by Gasteiger charge is 2.07. The molecule has 0 fully saturated rings. The second-order valence-corrected chi connectivity index (χ2v) is 3.81. The minimum absolute atomic E-state index is 0. The smallest absolute Gasteiger partial charge is 0.286 e. The van der Waals surface area contributed by atoms with Crippen LogP contribution in [0.2, 0.25) is 0 Å². The second kappa shape index (κ2) is 7.61. The summed E-state index contributed by atoms with van der Waals surface area (Å²) in [6.45, 7) is 0.931. The van der Waals surface area contributed by atoms with Gasteiger partial charge in [-0.3, -0.25) is 4.79 Å². The number of hydrogen-bond donors (Lipinski definition) is 1. The van der Waals surface area contributed by atoms with Crippen LogP contribution in [0, 0.1) is 0 Å². The lowest BCUT2D eigenvalue weighted by Gasteiger charge is -2.02. The van der Waals surface area contributed by atoms with Crippen molar-refractivity contribution in [2.24, 2.45) is 0 Å². The molecule has 94 valence electrons. The van der Waals surface area contributed by atoms with E-state index in [1.807, 2.05) is 65.5 Å². The predicted molar refractivity (Wildman–Crippen MR) is 64.9 cm³/mol. The molecule has 0 unspecified atom stereocenters. The summed E-state index contributed by atoms with van der Waals surface area (Å²) >= 11 is 0. The number of nitrogens with one attached hydrogen (secondary N) is 1. The first-order chi connectivity index (χ1) is 8.34. The van der Waals surface area contributed by atoms with Crippen LogP contribution in [0.1, 0.15) is 5.56 Å². The molecule has 0 saturated heterocycles. The largest absolute Gasteiger partial charge is 1.00 e. The van der Waals surface area contributed by atoms with E-state index < -0.39 is 0 Å². The lowest BCUT2D eigenvalue weighted by molar-refractivity contribution is -0.684.